The number of aliphatic hydroxyl groups is 1. The maximum absolute atomic E-state index is 12.3. The van der Waals surface area contributed by atoms with Gasteiger partial charge < -0.3 is 14.6 Å². The van der Waals surface area contributed by atoms with Crippen LogP contribution in [0, 0.1) is 0 Å². The Kier molecular flexibility index (Phi) is 51.0. The van der Waals surface area contributed by atoms with Gasteiger partial charge in [-0.25, -0.2) is 0 Å². The van der Waals surface area contributed by atoms with Crippen LogP contribution in [0.4, 0.5) is 0 Å². The summed E-state index contributed by atoms with van der Waals surface area (Å²) in [7, 11) is 0. The van der Waals surface area contributed by atoms with Gasteiger partial charge in [0.1, 0.15) is 6.10 Å². The Hall–Kier alpha value is -1.13. The molecule has 0 aliphatic heterocycles. The predicted octanol–water partition coefficient (Wildman–Crippen LogP) is 17.8. The molecule has 1 N–H and O–H groups in total. The molecule has 0 aliphatic carbocycles. The molecule has 0 aliphatic rings. The van der Waals surface area contributed by atoms with E-state index in [4.69, 9.17) is 9.47 Å². The molecule has 344 valence electrons. The number of hydrogen-bond donors (Lipinski definition) is 1. The van der Waals surface area contributed by atoms with E-state index in [2.05, 4.69) is 38.2 Å². The summed E-state index contributed by atoms with van der Waals surface area (Å²) in [6, 6.07) is 0. The standard InChI is InChI=1S/C54H104O4/c1-3-5-7-9-11-13-15-17-19-21-23-25-27-28-29-31-33-35-37-39-41-43-45-47-49-54(56)58-53(51-55)52-57-50-48-46-44-42-40-38-36-34-32-30-26-24-22-20-18-16-14-12-10-8-6-4-2/h16,18,22,24,53,55H,3-15,17,19-21,23,25-52H2,1-2H3/b18-16-,24-22-. The lowest BCUT2D eigenvalue weighted by Crippen LogP contribution is -2.27. The van der Waals surface area contributed by atoms with Crippen LogP contribution in [0.3, 0.4) is 0 Å². The normalized spacial score (nSPS) is 12.4. The minimum absolute atomic E-state index is 0.168. The molecular formula is C54H104O4. The second kappa shape index (κ2) is 52.0. The Labute approximate surface area is 364 Å². The second-order valence-electron chi connectivity index (χ2n) is 18.0. The Morgan fingerprint density at radius 2 is 0.724 bits per heavy atom. The predicted molar refractivity (Wildman–Crippen MR) is 256 cm³/mol. The first-order chi connectivity index (χ1) is 28.7. The summed E-state index contributed by atoms with van der Waals surface area (Å²) >= 11 is 0. The topological polar surface area (TPSA) is 55.8 Å². The maximum atomic E-state index is 12.3. The number of allylic oxidation sites excluding steroid dienone is 4. The zero-order valence-corrected chi connectivity index (χ0v) is 39.6. The molecule has 0 aromatic carbocycles. The van der Waals surface area contributed by atoms with Gasteiger partial charge in [-0.1, -0.05) is 263 Å². The molecule has 58 heavy (non-hydrogen) atoms. The number of carbonyl (C=O) groups excluding carboxylic acids is 1. The zero-order chi connectivity index (χ0) is 41.9. The summed E-state index contributed by atoms with van der Waals surface area (Å²) in [5.41, 5.74) is 0. The highest BCUT2D eigenvalue weighted by atomic mass is 16.6. The molecule has 0 saturated heterocycles. The van der Waals surface area contributed by atoms with E-state index >= 15 is 0 Å². The largest absolute Gasteiger partial charge is 0.457 e. The maximum Gasteiger partial charge on any atom is 0.306 e. The van der Waals surface area contributed by atoms with Crippen LogP contribution < -0.4 is 0 Å². The van der Waals surface area contributed by atoms with Crippen LogP contribution in [0.2, 0.25) is 0 Å². The monoisotopic (exact) mass is 817 g/mol. The van der Waals surface area contributed by atoms with Crippen molar-refractivity contribution in [3.05, 3.63) is 24.3 Å². The number of unbranched alkanes of at least 4 members (excludes halogenated alkanes) is 38. The van der Waals surface area contributed by atoms with Crippen molar-refractivity contribution >= 4 is 5.97 Å². The van der Waals surface area contributed by atoms with E-state index in [1.807, 2.05) is 0 Å². The summed E-state index contributed by atoms with van der Waals surface area (Å²) < 4.78 is 11.2. The first-order valence-corrected chi connectivity index (χ1v) is 26.4. The van der Waals surface area contributed by atoms with Crippen molar-refractivity contribution in [2.24, 2.45) is 0 Å². The first-order valence-electron chi connectivity index (χ1n) is 26.4. The third-order valence-electron chi connectivity index (χ3n) is 12.0. The van der Waals surface area contributed by atoms with E-state index < -0.39 is 6.10 Å². The van der Waals surface area contributed by atoms with Gasteiger partial charge in [0.25, 0.3) is 0 Å². The lowest BCUT2D eigenvalue weighted by Gasteiger charge is -2.16. The minimum atomic E-state index is -0.533. The average molecular weight is 817 g/mol. The van der Waals surface area contributed by atoms with Gasteiger partial charge >= 0.3 is 5.97 Å². The van der Waals surface area contributed by atoms with Gasteiger partial charge in [-0.2, -0.15) is 0 Å². The van der Waals surface area contributed by atoms with Gasteiger partial charge in [-0.15, -0.1) is 0 Å². The third kappa shape index (κ3) is 49.2. The highest BCUT2D eigenvalue weighted by Crippen LogP contribution is 2.17. The van der Waals surface area contributed by atoms with Crippen LogP contribution in [0.1, 0.15) is 290 Å². The van der Waals surface area contributed by atoms with Crippen LogP contribution in [0.15, 0.2) is 24.3 Å². The van der Waals surface area contributed by atoms with Crippen LogP contribution in [-0.2, 0) is 14.3 Å². The van der Waals surface area contributed by atoms with Gasteiger partial charge in [-0.05, 0) is 44.9 Å². The average Bonchev–Trinajstić information content (AvgIpc) is 3.23. The van der Waals surface area contributed by atoms with Gasteiger partial charge in [0, 0.05) is 13.0 Å². The quantitative estimate of drug-likeness (QED) is 0.0377. The Morgan fingerprint density at radius 1 is 0.414 bits per heavy atom. The summed E-state index contributed by atoms with van der Waals surface area (Å²) in [4.78, 5) is 12.3. The van der Waals surface area contributed by atoms with Crippen LogP contribution in [0.25, 0.3) is 0 Å². The zero-order valence-electron chi connectivity index (χ0n) is 39.6. The number of hydrogen-bond acceptors (Lipinski definition) is 4. The molecule has 0 saturated carbocycles. The summed E-state index contributed by atoms with van der Waals surface area (Å²) in [6.45, 7) is 5.38. The van der Waals surface area contributed by atoms with Crippen molar-refractivity contribution in [2.75, 3.05) is 19.8 Å². The van der Waals surface area contributed by atoms with E-state index in [1.54, 1.807) is 0 Å². The highest BCUT2D eigenvalue weighted by Gasteiger charge is 2.13. The van der Waals surface area contributed by atoms with Gasteiger partial charge in [0.15, 0.2) is 0 Å². The number of aliphatic hydroxyl groups excluding tert-OH is 1. The van der Waals surface area contributed by atoms with Crippen molar-refractivity contribution in [2.45, 2.75) is 296 Å². The van der Waals surface area contributed by atoms with E-state index in [-0.39, 0.29) is 12.6 Å². The summed E-state index contributed by atoms with van der Waals surface area (Å²) in [6.07, 6.45) is 65.6. The molecule has 0 rings (SSSR count). The Bertz CT molecular complexity index is 822. The molecule has 0 radical (unpaired) electrons. The Balaban J connectivity index is 3.36. The lowest BCUT2D eigenvalue weighted by molar-refractivity contribution is -0.154. The summed E-state index contributed by atoms with van der Waals surface area (Å²) in [5, 5.41) is 9.66. The van der Waals surface area contributed by atoms with Gasteiger partial charge in [0.05, 0.1) is 13.2 Å². The highest BCUT2D eigenvalue weighted by molar-refractivity contribution is 5.69. The van der Waals surface area contributed by atoms with Crippen molar-refractivity contribution in [1.29, 1.82) is 0 Å². The van der Waals surface area contributed by atoms with E-state index in [0.717, 1.165) is 25.7 Å². The number of esters is 1. The molecule has 1 unspecified atom stereocenters. The van der Waals surface area contributed by atoms with Crippen molar-refractivity contribution in [3.8, 4) is 0 Å². The fourth-order valence-corrected chi connectivity index (χ4v) is 8.07. The lowest BCUT2D eigenvalue weighted by atomic mass is 10.0. The van der Waals surface area contributed by atoms with E-state index in [0.29, 0.717) is 19.6 Å². The minimum Gasteiger partial charge on any atom is -0.457 e. The smallest absolute Gasteiger partial charge is 0.306 e. The van der Waals surface area contributed by atoms with Gasteiger partial charge in [-0.3, -0.25) is 4.79 Å². The van der Waals surface area contributed by atoms with Crippen molar-refractivity contribution in [3.63, 3.8) is 0 Å². The van der Waals surface area contributed by atoms with Crippen LogP contribution >= 0.6 is 0 Å². The molecule has 0 amide bonds. The summed E-state index contributed by atoms with van der Waals surface area (Å²) in [5.74, 6) is -0.194. The van der Waals surface area contributed by atoms with E-state index in [1.165, 1.54) is 244 Å². The molecule has 0 heterocycles. The molecule has 0 spiro atoms. The fourth-order valence-electron chi connectivity index (χ4n) is 8.07. The number of ether oxygens (including phenoxy) is 2. The van der Waals surface area contributed by atoms with Gasteiger partial charge in [0.2, 0.25) is 0 Å². The fraction of sp³-hybridized carbons (Fsp3) is 0.907. The molecule has 0 bridgehead atoms. The molecule has 4 heteroatoms. The molecule has 0 aromatic rings. The second-order valence-corrected chi connectivity index (χ2v) is 18.0. The third-order valence-corrected chi connectivity index (χ3v) is 12.0. The first kappa shape index (κ1) is 56.9. The molecule has 4 nitrogen and oxygen atoms in total. The number of rotatable bonds is 50. The van der Waals surface area contributed by atoms with Crippen molar-refractivity contribution < 1.29 is 19.4 Å². The Morgan fingerprint density at radius 3 is 1.07 bits per heavy atom. The molecule has 0 aromatic heterocycles. The van der Waals surface area contributed by atoms with Crippen molar-refractivity contribution in [1.82, 2.24) is 0 Å². The molecule has 0 fully saturated rings. The number of carbonyl (C=O) groups is 1. The van der Waals surface area contributed by atoms with E-state index in [9.17, 15) is 9.90 Å². The van der Waals surface area contributed by atoms with Crippen LogP contribution in [0.5, 0.6) is 0 Å². The molecule has 1 atom stereocenters. The molecular weight excluding hydrogens is 713 g/mol. The SMILES string of the molecule is CCCCCCC/C=C\C/C=C\CCCCCCCCCCCCOCC(CO)OC(=O)CCCCCCCCCCCCCCCCCCCCCCCCCC. The van der Waals surface area contributed by atoms with Crippen LogP contribution in [-0.4, -0.2) is 37.0 Å².